The van der Waals surface area contributed by atoms with Crippen LogP contribution < -0.4 is 20.0 Å². The number of benzene rings is 3. The SMILES string of the molecule is Cn1c(C2CCN(CC3CCN(c4cc(F)c(C5CCN(c6ccc(C#N)c(C(F)(F)F)c6)CC5)c(F)c4)CC3)CC2)cc2ccc(N3CCC(=O)NC3=O)cc21. The number of nitriles is 1. The lowest BCUT2D eigenvalue weighted by Crippen LogP contribution is -2.49. The number of nitrogens with zero attached hydrogens (tertiary/aromatic N) is 6. The molecule has 0 aliphatic carbocycles. The van der Waals surface area contributed by atoms with Crippen LogP contribution in [0.3, 0.4) is 0 Å². The van der Waals surface area contributed by atoms with Gasteiger partial charge in [0, 0.05) is 92.4 Å². The van der Waals surface area contributed by atoms with E-state index in [0.717, 1.165) is 81.1 Å². The zero-order chi connectivity index (χ0) is 40.0. The smallest absolute Gasteiger partial charge is 0.371 e. The van der Waals surface area contributed by atoms with Gasteiger partial charge in [-0.05, 0) is 112 Å². The zero-order valence-corrected chi connectivity index (χ0v) is 31.9. The fourth-order valence-electron chi connectivity index (χ4n) is 9.49. The minimum atomic E-state index is -4.66. The molecule has 0 radical (unpaired) electrons. The number of likely N-dealkylation sites (tertiary alicyclic amines) is 1. The average molecular weight is 788 g/mol. The van der Waals surface area contributed by atoms with Crippen molar-refractivity contribution >= 4 is 39.9 Å². The van der Waals surface area contributed by atoms with Crippen LogP contribution in [0.4, 0.5) is 43.8 Å². The van der Waals surface area contributed by atoms with Crippen LogP contribution in [0.1, 0.15) is 79.2 Å². The van der Waals surface area contributed by atoms with Gasteiger partial charge in [0.25, 0.3) is 0 Å². The predicted molar refractivity (Wildman–Crippen MR) is 208 cm³/mol. The molecule has 0 atom stereocenters. The normalized spacial score (nSPS) is 19.7. The molecule has 3 aromatic carbocycles. The number of urea groups is 1. The Labute approximate surface area is 328 Å². The fraction of sp³-hybridized carbons (Fsp3) is 0.465. The van der Waals surface area contributed by atoms with E-state index in [4.69, 9.17) is 5.26 Å². The van der Waals surface area contributed by atoms with Gasteiger partial charge in [0.05, 0.1) is 22.7 Å². The Kier molecular flexibility index (Phi) is 10.6. The fourth-order valence-corrected chi connectivity index (χ4v) is 9.49. The molecule has 0 unspecified atom stereocenters. The van der Waals surface area contributed by atoms with Crippen molar-refractivity contribution in [3.05, 3.63) is 88.6 Å². The summed E-state index contributed by atoms with van der Waals surface area (Å²) in [4.78, 5) is 32.0. The zero-order valence-electron chi connectivity index (χ0n) is 31.9. The molecule has 4 fully saturated rings. The highest BCUT2D eigenvalue weighted by atomic mass is 19.4. The van der Waals surface area contributed by atoms with Crippen LogP contribution in [-0.2, 0) is 18.0 Å². The second kappa shape index (κ2) is 15.6. The first-order valence-electron chi connectivity index (χ1n) is 19.9. The molecule has 4 aliphatic heterocycles. The summed E-state index contributed by atoms with van der Waals surface area (Å²) in [6, 6.07) is 16.0. The quantitative estimate of drug-likeness (QED) is 0.190. The Morgan fingerprint density at radius 3 is 2.04 bits per heavy atom. The van der Waals surface area contributed by atoms with E-state index < -0.39 is 28.9 Å². The number of aromatic nitrogens is 1. The van der Waals surface area contributed by atoms with Gasteiger partial charge in [0.2, 0.25) is 5.91 Å². The minimum Gasteiger partial charge on any atom is -0.371 e. The molecular formula is C43H46F5N7O2. The third-order valence-electron chi connectivity index (χ3n) is 12.7. The van der Waals surface area contributed by atoms with Crippen molar-refractivity contribution in [2.75, 3.05) is 67.1 Å². The maximum Gasteiger partial charge on any atom is 0.417 e. The molecule has 0 saturated carbocycles. The van der Waals surface area contributed by atoms with E-state index in [2.05, 4.69) is 32.8 Å². The molecule has 0 spiro atoms. The number of hydrogen-bond donors (Lipinski definition) is 1. The third-order valence-corrected chi connectivity index (χ3v) is 12.7. The van der Waals surface area contributed by atoms with Gasteiger partial charge in [0.15, 0.2) is 0 Å². The molecule has 14 heteroatoms. The summed E-state index contributed by atoms with van der Waals surface area (Å²) in [6.07, 6.45) is 0.375. The molecule has 3 amide bonds. The molecule has 5 heterocycles. The lowest BCUT2D eigenvalue weighted by Gasteiger charge is -2.38. The maximum absolute atomic E-state index is 15.6. The summed E-state index contributed by atoms with van der Waals surface area (Å²) in [5.74, 6) is -0.870. The third kappa shape index (κ3) is 7.91. The largest absolute Gasteiger partial charge is 0.417 e. The van der Waals surface area contributed by atoms with E-state index in [9.17, 15) is 22.8 Å². The molecule has 8 rings (SSSR count). The summed E-state index contributed by atoms with van der Waals surface area (Å²) < 4.78 is 74.0. The number of fused-ring (bicyclic) bond motifs is 1. The van der Waals surface area contributed by atoms with Crippen LogP contribution in [0.15, 0.2) is 54.6 Å². The molecular weight excluding hydrogens is 742 g/mol. The Bertz CT molecular complexity index is 2180. The lowest BCUT2D eigenvalue weighted by molar-refractivity contribution is -0.137. The maximum atomic E-state index is 15.6. The van der Waals surface area contributed by atoms with Crippen molar-refractivity contribution in [3.63, 3.8) is 0 Å². The number of halogens is 5. The van der Waals surface area contributed by atoms with Gasteiger partial charge in [-0.15, -0.1) is 0 Å². The molecule has 57 heavy (non-hydrogen) atoms. The number of alkyl halides is 3. The van der Waals surface area contributed by atoms with E-state index in [1.165, 1.54) is 30.0 Å². The van der Waals surface area contributed by atoms with Crippen molar-refractivity contribution in [1.82, 2.24) is 14.8 Å². The molecule has 9 nitrogen and oxygen atoms in total. The first kappa shape index (κ1) is 38.7. The number of imide groups is 1. The standard InChI is InChI=1S/C43H46F5N7O2/c1-51-38(20-30-2-5-33(24-39(30)51)55-19-12-40(56)50-42(55)57)28-8-13-52(14-9-28)26-27-6-15-54(16-7-27)34-22-36(44)41(37(45)23-34)29-10-17-53(18-11-29)32-4-3-31(25-49)35(21-32)43(46,47)48/h2-5,20-24,27-29H,6-19,26H2,1H3,(H,50,56,57). The molecule has 1 aromatic heterocycles. The van der Waals surface area contributed by atoms with Gasteiger partial charge >= 0.3 is 12.2 Å². The summed E-state index contributed by atoms with van der Waals surface area (Å²) >= 11 is 0. The van der Waals surface area contributed by atoms with E-state index in [1.807, 2.05) is 18.2 Å². The van der Waals surface area contributed by atoms with E-state index in [-0.39, 0.29) is 29.8 Å². The van der Waals surface area contributed by atoms with Crippen LogP contribution in [0, 0.1) is 28.9 Å². The summed E-state index contributed by atoms with van der Waals surface area (Å²) in [5, 5.41) is 12.6. The number of piperidine rings is 3. The second-order valence-electron chi connectivity index (χ2n) is 16.1. The monoisotopic (exact) mass is 787 g/mol. The van der Waals surface area contributed by atoms with Crippen molar-refractivity contribution in [1.29, 1.82) is 5.26 Å². The van der Waals surface area contributed by atoms with Gasteiger partial charge in [-0.2, -0.15) is 18.4 Å². The highest BCUT2D eigenvalue weighted by Crippen LogP contribution is 2.39. The first-order chi connectivity index (χ1) is 27.4. The van der Waals surface area contributed by atoms with Crippen LogP contribution in [-0.4, -0.2) is 73.8 Å². The Morgan fingerprint density at radius 2 is 1.39 bits per heavy atom. The number of amides is 3. The highest BCUT2D eigenvalue weighted by Gasteiger charge is 2.35. The minimum absolute atomic E-state index is 0.0471. The van der Waals surface area contributed by atoms with Crippen LogP contribution in [0.5, 0.6) is 0 Å². The summed E-state index contributed by atoms with van der Waals surface area (Å²) in [6.45, 7) is 5.49. The lowest BCUT2D eigenvalue weighted by atomic mass is 9.87. The molecule has 300 valence electrons. The summed E-state index contributed by atoms with van der Waals surface area (Å²) in [5.41, 5.74) is 2.64. The first-order valence-corrected chi connectivity index (χ1v) is 19.9. The van der Waals surface area contributed by atoms with Gasteiger partial charge in [0.1, 0.15) is 11.6 Å². The van der Waals surface area contributed by atoms with Gasteiger partial charge in [-0.1, -0.05) is 6.07 Å². The van der Waals surface area contributed by atoms with Crippen molar-refractivity contribution in [3.8, 4) is 6.07 Å². The Hall–Kier alpha value is -5.16. The number of carbonyl (C=O) groups is 2. The predicted octanol–water partition coefficient (Wildman–Crippen LogP) is 8.27. The number of nitrogens with one attached hydrogen (secondary N) is 1. The number of anilines is 3. The van der Waals surface area contributed by atoms with E-state index in [0.29, 0.717) is 55.7 Å². The number of carbonyl (C=O) groups excluding carboxylic acids is 2. The molecule has 4 aromatic rings. The molecule has 0 bridgehead atoms. The van der Waals surface area contributed by atoms with Crippen molar-refractivity contribution in [2.45, 2.75) is 63.0 Å². The topological polar surface area (TPSA) is 87.8 Å². The second-order valence-corrected chi connectivity index (χ2v) is 16.1. The van der Waals surface area contributed by atoms with Gasteiger partial charge in [-0.25, -0.2) is 13.6 Å². The molecule has 1 N–H and O–H groups in total. The van der Waals surface area contributed by atoms with Crippen molar-refractivity contribution in [2.24, 2.45) is 13.0 Å². The Balaban J connectivity index is 0.821. The molecule has 4 aliphatic rings. The number of rotatable bonds is 7. The van der Waals surface area contributed by atoms with E-state index in [1.54, 1.807) is 15.9 Å². The summed E-state index contributed by atoms with van der Waals surface area (Å²) in [7, 11) is 2.08. The molecule has 4 saturated heterocycles. The average Bonchev–Trinajstić information content (AvgIpc) is 3.53. The van der Waals surface area contributed by atoms with Gasteiger partial charge in [-0.3, -0.25) is 15.0 Å². The number of aryl methyl sites for hydroxylation is 1. The van der Waals surface area contributed by atoms with E-state index >= 15 is 8.78 Å². The van der Waals surface area contributed by atoms with Crippen LogP contribution >= 0.6 is 0 Å². The van der Waals surface area contributed by atoms with Crippen LogP contribution in [0.25, 0.3) is 10.9 Å². The Morgan fingerprint density at radius 1 is 0.754 bits per heavy atom. The number of hydrogen-bond acceptors (Lipinski definition) is 6. The van der Waals surface area contributed by atoms with Crippen molar-refractivity contribution < 1.29 is 31.5 Å². The highest BCUT2D eigenvalue weighted by molar-refractivity contribution is 6.06. The van der Waals surface area contributed by atoms with Crippen LogP contribution in [0.2, 0.25) is 0 Å². The van der Waals surface area contributed by atoms with Gasteiger partial charge < -0.3 is 19.3 Å².